The summed E-state index contributed by atoms with van der Waals surface area (Å²) in [6.07, 6.45) is 1.54. The minimum atomic E-state index is -3.67. The second-order valence-electron chi connectivity index (χ2n) is 8.07. The number of halogens is 2. The van der Waals surface area contributed by atoms with Gasteiger partial charge in [0.15, 0.2) is 5.82 Å². The SMILES string of the molecule is CNC(=O)c1c(-c2ccc(C)cc2)oc2nc(N(CCc3ccccc3Cl)S(C)(=O)=O)c(I)cc12. The maximum atomic E-state index is 12.8. The zero-order valence-electron chi connectivity index (χ0n) is 19.3. The number of fused-ring (bicyclic) bond motifs is 1. The summed E-state index contributed by atoms with van der Waals surface area (Å²) in [6, 6.07) is 16.7. The van der Waals surface area contributed by atoms with Crippen molar-refractivity contribution < 1.29 is 17.6 Å². The molecule has 0 aliphatic rings. The lowest BCUT2D eigenvalue weighted by molar-refractivity contribution is 0.0964. The van der Waals surface area contributed by atoms with Gasteiger partial charge in [-0.3, -0.25) is 9.10 Å². The maximum Gasteiger partial charge on any atom is 0.255 e. The molecular weight excluding hydrogens is 601 g/mol. The third kappa shape index (κ3) is 5.31. The molecule has 0 radical (unpaired) electrons. The number of anilines is 1. The molecule has 1 N–H and O–H groups in total. The third-order valence-corrected chi connectivity index (χ3v) is 7.88. The van der Waals surface area contributed by atoms with E-state index in [0.717, 1.165) is 22.9 Å². The number of pyridine rings is 1. The molecule has 4 aromatic rings. The Kier molecular flexibility index (Phi) is 7.39. The van der Waals surface area contributed by atoms with Gasteiger partial charge in [-0.25, -0.2) is 8.42 Å². The molecule has 0 bridgehead atoms. The standard InChI is InChI=1S/C25H23ClIN3O4S/c1-15-8-10-17(11-9-15)22-21(24(31)28-2)18-14-20(27)23(29-25(18)34-22)30(35(3,32)33)13-12-16-6-4-5-7-19(16)26/h4-11,14H,12-13H2,1-3H3,(H,28,31). The van der Waals surface area contributed by atoms with Gasteiger partial charge in [-0.2, -0.15) is 4.98 Å². The van der Waals surface area contributed by atoms with Crippen LogP contribution in [0.5, 0.6) is 0 Å². The smallest absolute Gasteiger partial charge is 0.255 e. The number of hydrogen-bond acceptors (Lipinski definition) is 5. The van der Waals surface area contributed by atoms with Crippen LogP contribution in [0.25, 0.3) is 22.4 Å². The van der Waals surface area contributed by atoms with E-state index in [1.165, 1.54) is 4.31 Å². The Balaban J connectivity index is 1.84. The molecule has 2 aromatic carbocycles. The van der Waals surface area contributed by atoms with Crippen molar-refractivity contribution in [2.24, 2.45) is 0 Å². The van der Waals surface area contributed by atoms with E-state index in [1.807, 2.05) is 72.0 Å². The molecule has 1 amide bonds. The van der Waals surface area contributed by atoms with Crippen LogP contribution in [-0.4, -0.2) is 39.2 Å². The second kappa shape index (κ2) is 10.2. The van der Waals surface area contributed by atoms with Gasteiger partial charge >= 0.3 is 0 Å². The first-order chi connectivity index (χ1) is 16.6. The van der Waals surface area contributed by atoms with E-state index >= 15 is 0 Å². The number of benzene rings is 2. The average molecular weight is 624 g/mol. The number of rotatable bonds is 7. The highest BCUT2D eigenvalue weighted by Crippen LogP contribution is 2.36. The van der Waals surface area contributed by atoms with Crippen LogP contribution in [0.15, 0.2) is 59.0 Å². The number of aryl methyl sites for hydroxylation is 1. The van der Waals surface area contributed by atoms with Gasteiger partial charge in [0.1, 0.15) is 5.76 Å². The van der Waals surface area contributed by atoms with Crippen LogP contribution in [0.1, 0.15) is 21.5 Å². The van der Waals surface area contributed by atoms with E-state index in [4.69, 9.17) is 16.0 Å². The monoisotopic (exact) mass is 623 g/mol. The van der Waals surface area contributed by atoms with Crippen LogP contribution in [0.4, 0.5) is 5.82 Å². The molecule has 0 atom stereocenters. The van der Waals surface area contributed by atoms with Gasteiger partial charge in [-0.05, 0) is 53.6 Å². The fourth-order valence-electron chi connectivity index (χ4n) is 3.78. The molecule has 0 unspecified atom stereocenters. The summed E-state index contributed by atoms with van der Waals surface area (Å²) < 4.78 is 33.4. The van der Waals surface area contributed by atoms with Crippen molar-refractivity contribution in [1.29, 1.82) is 0 Å². The lowest BCUT2D eigenvalue weighted by Gasteiger charge is -2.22. The molecule has 182 valence electrons. The molecule has 0 spiro atoms. The molecule has 0 aliphatic heterocycles. The number of sulfonamides is 1. The minimum Gasteiger partial charge on any atom is -0.437 e. The Labute approximate surface area is 222 Å². The first-order valence-electron chi connectivity index (χ1n) is 10.7. The van der Waals surface area contributed by atoms with E-state index < -0.39 is 10.0 Å². The Morgan fingerprint density at radius 1 is 1.17 bits per heavy atom. The normalized spacial score (nSPS) is 11.6. The van der Waals surface area contributed by atoms with Crippen molar-refractivity contribution in [1.82, 2.24) is 10.3 Å². The number of furan rings is 1. The number of hydrogen-bond donors (Lipinski definition) is 1. The number of nitrogens with zero attached hydrogens (tertiary/aromatic N) is 2. The molecular formula is C25H23ClIN3O4S. The second-order valence-corrected chi connectivity index (χ2v) is 11.6. The first-order valence-corrected chi connectivity index (χ1v) is 14.0. The fourth-order valence-corrected chi connectivity index (χ4v) is 5.77. The number of aromatic nitrogens is 1. The van der Waals surface area contributed by atoms with Crippen LogP contribution in [0.3, 0.4) is 0 Å². The van der Waals surface area contributed by atoms with E-state index in [0.29, 0.717) is 31.7 Å². The number of nitrogens with one attached hydrogen (secondary N) is 1. The van der Waals surface area contributed by atoms with Gasteiger partial charge in [-0.1, -0.05) is 59.6 Å². The molecule has 2 aromatic heterocycles. The molecule has 0 saturated heterocycles. The van der Waals surface area contributed by atoms with Crippen molar-refractivity contribution >= 4 is 67.0 Å². The molecule has 7 nitrogen and oxygen atoms in total. The van der Waals surface area contributed by atoms with Gasteiger partial charge in [0, 0.05) is 24.2 Å². The summed E-state index contributed by atoms with van der Waals surface area (Å²) in [5.74, 6) is 0.297. The predicted octanol–water partition coefficient (Wildman–Crippen LogP) is 5.43. The van der Waals surface area contributed by atoms with E-state index in [-0.39, 0.29) is 24.0 Å². The lowest BCUT2D eigenvalue weighted by atomic mass is 10.0. The quantitative estimate of drug-likeness (QED) is 0.277. The summed E-state index contributed by atoms with van der Waals surface area (Å²) in [6.45, 7) is 2.12. The highest BCUT2D eigenvalue weighted by atomic mass is 127. The summed E-state index contributed by atoms with van der Waals surface area (Å²) in [4.78, 5) is 17.4. The zero-order valence-corrected chi connectivity index (χ0v) is 23.0. The highest BCUT2D eigenvalue weighted by molar-refractivity contribution is 14.1. The Morgan fingerprint density at radius 3 is 2.49 bits per heavy atom. The third-order valence-electron chi connectivity index (χ3n) is 5.56. The summed E-state index contributed by atoms with van der Waals surface area (Å²) in [7, 11) is -2.12. The summed E-state index contributed by atoms with van der Waals surface area (Å²) in [5.41, 5.74) is 3.16. The molecule has 0 saturated carbocycles. The zero-order chi connectivity index (χ0) is 25.3. The predicted molar refractivity (Wildman–Crippen MR) is 148 cm³/mol. The van der Waals surface area contributed by atoms with Gasteiger partial charge in [-0.15, -0.1) is 0 Å². The topological polar surface area (TPSA) is 92.5 Å². The molecule has 0 aliphatic carbocycles. The van der Waals surface area contributed by atoms with E-state index in [1.54, 1.807) is 19.2 Å². The molecule has 10 heteroatoms. The van der Waals surface area contributed by atoms with Crippen LogP contribution in [0, 0.1) is 10.5 Å². The van der Waals surface area contributed by atoms with Gasteiger partial charge in [0.25, 0.3) is 5.91 Å². The minimum absolute atomic E-state index is 0.144. The Bertz CT molecular complexity index is 1520. The van der Waals surface area contributed by atoms with Gasteiger partial charge in [0.05, 0.1) is 20.8 Å². The molecule has 2 heterocycles. The largest absolute Gasteiger partial charge is 0.437 e. The van der Waals surface area contributed by atoms with Crippen molar-refractivity contribution in [2.75, 3.05) is 24.2 Å². The molecule has 4 rings (SSSR count). The first kappa shape index (κ1) is 25.5. The number of carbonyl (C=O) groups is 1. The maximum absolute atomic E-state index is 12.8. The fraction of sp³-hybridized carbons (Fsp3) is 0.200. The van der Waals surface area contributed by atoms with E-state index in [9.17, 15) is 13.2 Å². The molecule has 35 heavy (non-hydrogen) atoms. The van der Waals surface area contributed by atoms with Crippen LogP contribution < -0.4 is 9.62 Å². The van der Waals surface area contributed by atoms with Crippen molar-refractivity contribution in [3.8, 4) is 11.3 Å². The molecule has 0 fully saturated rings. The number of carbonyl (C=O) groups excluding carboxylic acids is 1. The van der Waals surface area contributed by atoms with Gasteiger partial charge < -0.3 is 9.73 Å². The van der Waals surface area contributed by atoms with E-state index in [2.05, 4.69) is 10.3 Å². The van der Waals surface area contributed by atoms with Crippen LogP contribution >= 0.6 is 34.2 Å². The number of amides is 1. The summed E-state index contributed by atoms with van der Waals surface area (Å²) >= 11 is 8.31. The lowest BCUT2D eigenvalue weighted by Crippen LogP contribution is -2.33. The van der Waals surface area contributed by atoms with Crippen molar-refractivity contribution in [3.63, 3.8) is 0 Å². The van der Waals surface area contributed by atoms with Crippen molar-refractivity contribution in [2.45, 2.75) is 13.3 Å². The van der Waals surface area contributed by atoms with Crippen LogP contribution in [0.2, 0.25) is 5.02 Å². The van der Waals surface area contributed by atoms with Crippen molar-refractivity contribution in [3.05, 3.63) is 79.9 Å². The average Bonchev–Trinajstić information content (AvgIpc) is 3.17. The Morgan fingerprint density at radius 2 is 1.86 bits per heavy atom. The van der Waals surface area contributed by atoms with Gasteiger partial charge in [0.2, 0.25) is 15.7 Å². The van der Waals surface area contributed by atoms with Crippen LogP contribution in [-0.2, 0) is 16.4 Å². The summed E-state index contributed by atoms with van der Waals surface area (Å²) in [5, 5.41) is 3.74. The highest BCUT2D eigenvalue weighted by Gasteiger charge is 2.27. The Hall–Kier alpha value is -2.63.